The summed E-state index contributed by atoms with van der Waals surface area (Å²) in [5, 5.41) is 5.59. The number of allylic oxidation sites excluding steroid dienone is 1. The van der Waals surface area contributed by atoms with Crippen LogP contribution in [0.15, 0.2) is 88.9 Å². The fourth-order valence-electron chi connectivity index (χ4n) is 3.57. The summed E-state index contributed by atoms with van der Waals surface area (Å²) in [7, 11) is 0. The number of hydrogen-bond donors (Lipinski definition) is 1. The highest BCUT2D eigenvalue weighted by Gasteiger charge is 2.15. The predicted octanol–water partition coefficient (Wildman–Crippen LogP) is 6.56. The second-order valence-corrected chi connectivity index (χ2v) is 8.07. The molecule has 0 atom stereocenters. The molecule has 0 radical (unpaired) electrons. The third kappa shape index (κ3) is 5.91. The average molecular weight is 489 g/mol. The number of hydrazone groups is 1. The van der Waals surface area contributed by atoms with Crippen molar-refractivity contribution in [2.24, 2.45) is 5.10 Å². The van der Waals surface area contributed by atoms with Gasteiger partial charge in [0.15, 0.2) is 17.3 Å². The van der Waals surface area contributed by atoms with E-state index in [1.807, 2.05) is 61.5 Å². The van der Waals surface area contributed by atoms with E-state index < -0.39 is 5.91 Å². The summed E-state index contributed by atoms with van der Waals surface area (Å²) in [5.74, 6) is 0.946. The molecule has 0 unspecified atom stereocenters. The Morgan fingerprint density at radius 1 is 1.09 bits per heavy atom. The van der Waals surface area contributed by atoms with Crippen LogP contribution in [0.3, 0.4) is 0 Å². The van der Waals surface area contributed by atoms with E-state index in [1.165, 1.54) is 0 Å². The minimum absolute atomic E-state index is 0.189. The van der Waals surface area contributed by atoms with Crippen LogP contribution >= 0.6 is 11.6 Å². The van der Waals surface area contributed by atoms with Crippen molar-refractivity contribution in [2.45, 2.75) is 20.0 Å². The van der Waals surface area contributed by atoms with E-state index in [0.29, 0.717) is 41.7 Å². The van der Waals surface area contributed by atoms with Crippen LogP contribution in [-0.4, -0.2) is 18.7 Å². The molecule has 3 aromatic carbocycles. The Morgan fingerprint density at radius 2 is 1.89 bits per heavy atom. The number of para-hydroxylation sites is 1. The van der Waals surface area contributed by atoms with Crippen LogP contribution in [0.25, 0.3) is 11.0 Å². The van der Waals surface area contributed by atoms with Crippen LogP contribution in [0, 0.1) is 0 Å². The van der Waals surface area contributed by atoms with Crippen LogP contribution in [0.4, 0.5) is 0 Å². The second kappa shape index (κ2) is 11.4. The van der Waals surface area contributed by atoms with Crippen LogP contribution in [0.5, 0.6) is 11.5 Å². The van der Waals surface area contributed by atoms with Gasteiger partial charge in [-0.05, 0) is 49.2 Å². The lowest BCUT2D eigenvalue weighted by molar-refractivity contribution is 0.0929. The van der Waals surface area contributed by atoms with Crippen molar-refractivity contribution in [2.75, 3.05) is 6.61 Å². The van der Waals surface area contributed by atoms with Gasteiger partial charge in [0, 0.05) is 21.5 Å². The summed E-state index contributed by atoms with van der Waals surface area (Å²) < 4.78 is 17.6. The van der Waals surface area contributed by atoms with Crippen molar-refractivity contribution < 1.29 is 18.7 Å². The third-order valence-electron chi connectivity index (χ3n) is 5.18. The molecule has 1 heterocycles. The zero-order valence-electron chi connectivity index (χ0n) is 19.3. The molecule has 0 aliphatic rings. The molecule has 4 rings (SSSR count). The van der Waals surface area contributed by atoms with Crippen molar-refractivity contribution in [1.29, 1.82) is 0 Å². The molecule has 0 spiro atoms. The molecular weight excluding hydrogens is 464 g/mol. The lowest BCUT2D eigenvalue weighted by Gasteiger charge is -2.17. The summed E-state index contributed by atoms with van der Waals surface area (Å²) in [5.41, 5.74) is 5.64. The molecule has 6 nitrogen and oxygen atoms in total. The highest BCUT2D eigenvalue weighted by molar-refractivity contribution is 6.31. The number of nitrogens with one attached hydrogen (secondary N) is 1. The number of benzene rings is 3. The molecular formula is C28H25ClN2O4. The Hall–Kier alpha value is -4.03. The SMILES string of the molecule is C=CCc1cc(/C=N/NC(=O)c2cc3ccccc3o2)cc(OCC)c1OCc1ccccc1Cl. The molecule has 178 valence electrons. The van der Waals surface area contributed by atoms with Crippen molar-refractivity contribution in [3.63, 3.8) is 0 Å². The zero-order chi connectivity index (χ0) is 24.6. The zero-order valence-corrected chi connectivity index (χ0v) is 20.0. The van der Waals surface area contributed by atoms with Gasteiger partial charge in [0.05, 0.1) is 12.8 Å². The monoisotopic (exact) mass is 488 g/mol. The number of rotatable bonds is 10. The minimum atomic E-state index is -0.437. The number of ether oxygens (including phenoxy) is 2. The molecule has 1 amide bonds. The summed E-state index contributed by atoms with van der Waals surface area (Å²) in [6, 6.07) is 20.4. The van der Waals surface area contributed by atoms with Crippen LogP contribution in [-0.2, 0) is 13.0 Å². The number of nitrogens with zero attached hydrogens (tertiary/aromatic N) is 1. The molecule has 35 heavy (non-hydrogen) atoms. The molecule has 0 saturated carbocycles. The fraction of sp³-hybridized carbons (Fsp3) is 0.143. The maximum absolute atomic E-state index is 12.5. The Labute approximate surface area is 208 Å². The van der Waals surface area contributed by atoms with Crippen LogP contribution in [0.2, 0.25) is 5.02 Å². The van der Waals surface area contributed by atoms with Crippen LogP contribution < -0.4 is 14.9 Å². The molecule has 0 bridgehead atoms. The van der Waals surface area contributed by atoms with Crippen molar-refractivity contribution >= 4 is 34.7 Å². The largest absolute Gasteiger partial charge is 0.490 e. The summed E-state index contributed by atoms with van der Waals surface area (Å²) >= 11 is 6.28. The number of hydrogen-bond acceptors (Lipinski definition) is 5. The van der Waals surface area contributed by atoms with E-state index in [9.17, 15) is 4.79 Å². The van der Waals surface area contributed by atoms with Gasteiger partial charge in [0.25, 0.3) is 0 Å². The molecule has 0 saturated heterocycles. The van der Waals surface area contributed by atoms with E-state index in [1.54, 1.807) is 24.4 Å². The molecule has 7 heteroatoms. The molecule has 0 aliphatic carbocycles. The third-order valence-corrected chi connectivity index (χ3v) is 5.55. The quantitative estimate of drug-likeness (QED) is 0.156. The number of fused-ring (bicyclic) bond motifs is 1. The number of halogens is 1. The maximum atomic E-state index is 12.5. The molecule has 1 N–H and O–H groups in total. The van der Waals surface area contributed by atoms with E-state index in [4.69, 9.17) is 25.5 Å². The van der Waals surface area contributed by atoms with E-state index in [2.05, 4.69) is 17.1 Å². The van der Waals surface area contributed by atoms with Gasteiger partial charge >= 0.3 is 5.91 Å². The molecule has 0 fully saturated rings. The van der Waals surface area contributed by atoms with Gasteiger partial charge in [0.1, 0.15) is 12.2 Å². The number of amides is 1. The van der Waals surface area contributed by atoms with Gasteiger partial charge in [-0.2, -0.15) is 5.10 Å². The van der Waals surface area contributed by atoms with E-state index in [0.717, 1.165) is 22.1 Å². The fourth-order valence-corrected chi connectivity index (χ4v) is 3.76. The van der Waals surface area contributed by atoms with Crippen molar-refractivity contribution in [3.05, 3.63) is 107 Å². The Bertz CT molecular complexity index is 1340. The summed E-state index contributed by atoms with van der Waals surface area (Å²) in [6.45, 7) is 6.51. The summed E-state index contributed by atoms with van der Waals surface area (Å²) in [6.07, 6.45) is 3.90. The number of carbonyl (C=O) groups excluding carboxylic acids is 1. The van der Waals surface area contributed by atoms with Gasteiger partial charge in [-0.25, -0.2) is 5.43 Å². The Balaban J connectivity index is 1.53. The maximum Gasteiger partial charge on any atom is 0.307 e. The lowest BCUT2D eigenvalue weighted by Crippen LogP contribution is -2.16. The Morgan fingerprint density at radius 3 is 2.66 bits per heavy atom. The first-order valence-electron chi connectivity index (χ1n) is 11.2. The summed E-state index contributed by atoms with van der Waals surface area (Å²) in [4.78, 5) is 12.5. The lowest BCUT2D eigenvalue weighted by atomic mass is 10.1. The molecule has 1 aromatic heterocycles. The first kappa shape index (κ1) is 24.1. The van der Waals surface area contributed by atoms with Gasteiger partial charge in [-0.15, -0.1) is 6.58 Å². The predicted molar refractivity (Wildman–Crippen MR) is 139 cm³/mol. The van der Waals surface area contributed by atoms with Crippen LogP contribution in [0.1, 0.15) is 34.2 Å². The topological polar surface area (TPSA) is 73.1 Å². The normalized spacial score (nSPS) is 11.0. The van der Waals surface area contributed by atoms with Gasteiger partial charge in [-0.1, -0.05) is 54.1 Å². The highest BCUT2D eigenvalue weighted by Crippen LogP contribution is 2.34. The number of carbonyl (C=O) groups is 1. The first-order valence-corrected chi connectivity index (χ1v) is 11.6. The van der Waals surface area contributed by atoms with Gasteiger partial charge in [0.2, 0.25) is 0 Å². The highest BCUT2D eigenvalue weighted by atomic mass is 35.5. The number of furan rings is 1. The smallest absolute Gasteiger partial charge is 0.307 e. The van der Waals surface area contributed by atoms with E-state index >= 15 is 0 Å². The standard InChI is InChI=1S/C28H25ClN2O4/c1-3-9-21-14-19(17-30-31-28(32)26-16-20-10-6-8-13-24(20)35-26)15-25(33-4-2)27(21)34-18-22-11-5-7-12-23(22)29/h3,5-8,10-17H,1,4,9,18H2,2H3,(H,31,32)/b30-17+. The van der Waals surface area contributed by atoms with E-state index in [-0.39, 0.29) is 5.76 Å². The minimum Gasteiger partial charge on any atom is -0.490 e. The molecule has 0 aliphatic heterocycles. The average Bonchev–Trinajstić information content (AvgIpc) is 3.29. The Kier molecular flexibility index (Phi) is 7.85. The van der Waals surface area contributed by atoms with Crippen molar-refractivity contribution in [3.8, 4) is 11.5 Å². The van der Waals surface area contributed by atoms with Crippen molar-refractivity contribution in [1.82, 2.24) is 5.43 Å². The van der Waals surface area contributed by atoms with Gasteiger partial charge in [-0.3, -0.25) is 4.79 Å². The molecule has 4 aromatic rings. The first-order chi connectivity index (χ1) is 17.1. The van der Waals surface area contributed by atoms with Gasteiger partial charge < -0.3 is 13.9 Å². The second-order valence-electron chi connectivity index (χ2n) is 7.66.